The molecule has 0 radical (unpaired) electrons. The van der Waals surface area contributed by atoms with Gasteiger partial charge >= 0.3 is 0 Å². The largest absolute Gasteiger partial charge is 0.377 e. The van der Waals surface area contributed by atoms with Gasteiger partial charge in [-0.25, -0.2) is 0 Å². The maximum Gasteiger partial charge on any atom is 0.186 e. The lowest BCUT2D eigenvalue weighted by atomic mass is 9.94. The maximum absolute atomic E-state index is 13.1. The molecule has 0 aromatic heterocycles. The third-order valence-corrected chi connectivity index (χ3v) is 5.18. The molecule has 7 heteroatoms. The van der Waals surface area contributed by atoms with Gasteiger partial charge in [0.2, 0.25) is 0 Å². The van der Waals surface area contributed by atoms with E-state index in [1.807, 2.05) is 67.5 Å². The average molecular weight is 472 g/mol. The monoisotopic (exact) mass is 470 g/mol. The van der Waals surface area contributed by atoms with Gasteiger partial charge < -0.3 is 10.6 Å². The van der Waals surface area contributed by atoms with E-state index in [0.717, 1.165) is 16.8 Å². The van der Waals surface area contributed by atoms with Crippen molar-refractivity contribution in [2.75, 3.05) is 19.0 Å². The Kier molecular flexibility index (Phi) is 9.47. The summed E-state index contributed by atoms with van der Waals surface area (Å²) in [5, 5.41) is 0.811. The average Bonchev–Trinajstić information content (AvgIpc) is 2.69. The van der Waals surface area contributed by atoms with E-state index in [4.69, 9.17) is 28.9 Å². The minimum absolute atomic E-state index is 0. The highest BCUT2D eigenvalue weighted by Crippen LogP contribution is 2.31. The summed E-state index contributed by atoms with van der Waals surface area (Å²) >= 11 is 12.0. The second-order valence-electron chi connectivity index (χ2n) is 6.51. The Bertz CT molecular complexity index is 978. The van der Waals surface area contributed by atoms with Gasteiger partial charge in [0, 0.05) is 25.3 Å². The number of carbonyl (C=O) groups is 1. The van der Waals surface area contributed by atoms with Crippen LogP contribution in [0.25, 0.3) is 11.1 Å². The van der Waals surface area contributed by atoms with E-state index in [-0.39, 0.29) is 30.6 Å². The minimum atomic E-state index is -0.818. The van der Waals surface area contributed by atoms with Crippen LogP contribution in [0.4, 0.5) is 5.69 Å². The highest BCUT2D eigenvalue weighted by atomic mass is 35.5. The molecule has 0 spiro atoms. The first-order chi connectivity index (χ1) is 12.9. The molecule has 1 atom stereocenters. The first-order valence-corrected chi connectivity index (χ1v) is 9.25. The number of halogens is 4. The number of Topliss-reactive ketones (excluding diaryl/α,β-unsaturated/α-hetero) is 1. The zero-order chi connectivity index (χ0) is 19.6. The topological polar surface area (TPSA) is 46.3 Å². The fourth-order valence-electron chi connectivity index (χ4n) is 2.94. The van der Waals surface area contributed by atoms with E-state index < -0.39 is 6.04 Å². The van der Waals surface area contributed by atoms with Crippen molar-refractivity contribution in [2.24, 2.45) is 5.73 Å². The second-order valence-corrected chi connectivity index (χ2v) is 7.32. The van der Waals surface area contributed by atoms with E-state index >= 15 is 0 Å². The fourth-order valence-corrected chi connectivity index (χ4v) is 3.25. The van der Waals surface area contributed by atoms with Crippen LogP contribution in [0.2, 0.25) is 10.0 Å². The molecular weight excluding hydrogens is 450 g/mol. The Morgan fingerprint density at radius 1 is 0.862 bits per heavy atom. The third-order valence-electron chi connectivity index (χ3n) is 4.44. The van der Waals surface area contributed by atoms with Gasteiger partial charge in [-0.05, 0) is 41.0 Å². The summed E-state index contributed by atoms with van der Waals surface area (Å²) in [7, 11) is 3.82. The summed E-state index contributed by atoms with van der Waals surface area (Å²) in [6.45, 7) is 0. The van der Waals surface area contributed by atoms with Gasteiger partial charge in [0.15, 0.2) is 5.78 Å². The number of carbonyl (C=O) groups excluding carboxylic acids is 1. The molecule has 3 nitrogen and oxygen atoms in total. The van der Waals surface area contributed by atoms with Crippen molar-refractivity contribution in [3.63, 3.8) is 0 Å². The molecule has 3 aromatic carbocycles. The van der Waals surface area contributed by atoms with E-state index in [1.165, 1.54) is 0 Å². The molecule has 0 fully saturated rings. The number of nitrogens with two attached hydrogens (primary N) is 1. The Balaban J connectivity index is 0.00000210. The number of ketones is 1. The van der Waals surface area contributed by atoms with Crippen LogP contribution in [0.3, 0.4) is 0 Å². The zero-order valence-corrected chi connectivity index (χ0v) is 19.1. The quantitative estimate of drug-likeness (QED) is 0.434. The van der Waals surface area contributed by atoms with Crippen molar-refractivity contribution in [1.82, 2.24) is 0 Å². The summed E-state index contributed by atoms with van der Waals surface area (Å²) in [6, 6.07) is 20.0. The highest BCUT2D eigenvalue weighted by Gasteiger charge is 2.22. The van der Waals surface area contributed by atoms with Crippen LogP contribution in [-0.2, 0) is 0 Å². The molecule has 3 rings (SSSR count). The summed E-state index contributed by atoms with van der Waals surface area (Å²) in [5.41, 5.74) is 10.4. The van der Waals surface area contributed by atoms with Crippen LogP contribution < -0.4 is 10.6 Å². The fraction of sp³-hybridized carbons (Fsp3) is 0.136. The van der Waals surface area contributed by atoms with Crippen LogP contribution in [0.15, 0.2) is 66.7 Å². The van der Waals surface area contributed by atoms with Crippen molar-refractivity contribution >= 4 is 59.5 Å². The molecular formula is C22H22Cl4N2O. The van der Waals surface area contributed by atoms with Crippen molar-refractivity contribution in [3.8, 4) is 11.1 Å². The zero-order valence-electron chi connectivity index (χ0n) is 15.9. The molecule has 0 aliphatic heterocycles. The van der Waals surface area contributed by atoms with Gasteiger partial charge in [-0.1, -0.05) is 65.7 Å². The van der Waals surface area contributed by atoms with Gasteiger partial charge in [0.1, 0.15) is 0 Å². The van der Waals surface area contributed by atoms with Crippen LogP contribution in [0.1, 0.15) is 22.0 Å². The molecule has 0 aliphatic carbocycles. The first-order valence-electron chi connectivity index (χ1n) is 8.50. The van der Waals surface area contributed by atoms with Crippen molar-refractivity contribution in [2.45, 2.75) is 6.04 Å². The normalized spacial score (nSPS) is 11.1. The summed E-state index contributed by atoms with van der Waals surface area (Å²) in [5.74, 6) is -0.170. The number of anilines is 1. The summed E-state index contributed by atoms with van der Waals surface area (Å²) in [6.07, 6.45) is 0. The van der Waals surface area contributed by atoms with Crippen molar-refractivity contribution in [3.05, 3.63) is 87.9 Å². The van der Waals surface area contributed by atoms with Crippen LogP contribution in [-0.4, -0.2) is 19.9 Å². The molecule has 0 amide bonds. The molecule has 2 N–H and O–H groups in total. The SMILES string of the molecule is CN(C)c1cc(-c2ccccc2)ccc1C(=O)C(N)c1ccc(Cl)c(Cl)c1.Cl.Cl. The third kappa shape index (κ3) is 5.65. The Labute approximate surface area is 193 Å². The molecule has 0 bridgehead atoms. The van der Waals surface area contributed by atoms with E-state index in [0.29, 0.717) is 21.2 Å². The lowest BCUT2D eigenvalue weighted by Gasteiger charge is -2.20. The molecule has 0 aliphatic rings. The number of hydrogen-bond acceptors (Lipinski definition) is 3. The minimum Gasteiger partial charge on any atom is -0.377 e. The first kappa shape index (κ1) is 25.3. The Morgan fingerprint density at radius 3 is 2.10 bits per heavy atom. The lowest BCUT2D eigenvalue weighted by molar-refractivity contribution is 0.0962. The molecule has 0 saturated heterocycles. The van der Waals surface area contributed by atoms with Gasteiger partial charge in [0.05, 0.1) is 16.1 Å². The van der Waals surface area contributed by atoms with Gasteiger partial charge in [-0.15, -0.1) is 24.8 Å². The Hall–Kier alpha value is -1.75. The summed E-state index contributed by atoms with van der Waals surface area (Å²) in [4.78, 5) is 15.0. The standard InChI is InChI=1S/C22H20Cl2N2O.2ClH/c1-26(2)20-13-15(14-6-4-3-5-7-14)8-10-17(20)22(27)21(25)16-9-11-18(23)19(24)12-16;;/h3-13,21H,25H2,1-2H3;2*1H. The molecule has 1 unspecified atom stereocenters. The molecule has 29 heavy (non-hydrogen) atoms. The number of rotatable bonds is 5. The smallest absolute Gasteiger partial charge is 0.186 e. The number of hydrogen-bond donors (Lipinski definition) is 1. The van der Waals surface area contributed by atoms with Gasteiger partial charge in [-0.2, -0.15) is 0 Å². The van der Waals surface area contributed by atoms with Crippen LogP contribution in [0, 0.1) is 0 Å². The highest BCUT2D eigenvalue weighted by molar-refractivity contribution is 6.42. The van der Waals surface area contributed by atoms with Crippen LogP contribution >= 0.6 is 48.0 Å². The van der Waals surface area contributed by atoms with Crippen molar-refractivity contribution < 1.29 is 4.79 Å². The number of benzene rings is 3. The van der Waals surface area contributed by atoms with Gasteiger partial charge in [0.25, 0.3) is 0 Å². The van der Waals surface area contributed by atoms with Gasteiger partial charge in [-0.3, -0.25) is 4.79 Å². The lowest BCUT2D eigenvalue weighted by Crippen LogP contribution is -2.24. The second kappa shape index (κ2) is 10.9. The predicted octanol–water partition coefficient (Wildman–Crippen LogP) is 6.45. The number of nitrogens with zero attached hydrogens (tertiary/aromatic N) is 1. The molecule has 0 saturated carbocycles. The van der Waals surface area contributed by atoms with E-state index in [1.54, 1.807) is 18.2 Å². The molecule has 154 valence electrons. The molecule has 0 heterocycles. The van der Waals surface area contributed by atoms with E-state index in [2.05, 4.69) is 0 Å². The summed E-state index contributed by atoms with van der Waals surface area (Å²) < 4.78 is 0. The van der Waals surface area contributed by atoms with Crippen molar-refractivity contribution in [1.29, 1.82) is 0 Å². The van der Waals surface area contributed by atoms with E-state index in [9.17, 15) is 4.79 Å². The molecule has 3 aromatic rings. The maximum atomic E-state index is 13.1. The predicted molar refractivity (Wildman–Crippen MR) is 128 cm³/mol. The van der Waals surface area contributed by atoms with Crippen LogP contribution in [0.5, 0.6) is 0 Å². The Morgan fingerprint density at radius 2 is 1.52 bits per heavy atom.